The van der Waals surface area contributed by atoms with E-state index in [0.29, 0.717) is 16.8 Å². The zero-order valence-corrected chi connectivity index (χ0v) is 16.8. The number of nitro groups is 1. The highest BCUT2D eigenvalue weighted by Crippen LogP contribution is 2.28. The van der Waals surface area contributed by atoms with Gasteiger partial charge in [0.2, 0.25) is 5.88 Å². The van der Waals surface area contributed by atoms with Gasteiger partial charge in [-0.05, 0) is 37.5 Å². The first-order valence-corrected chi connectivity index (χ1v) is 9.92. The van der Waals surface area contributed by atoms with Crippen molar-refractivity contribution in [3.8, 4) is 11.6 Å². The van der Waals surface area contributed by atoms with Crippen LogP contribution in [-0.2, 0) is 12.2 Å². The fourth-order valence-corrected chi connectivity index (χ4v) is 3.49. The lowest BCUT2D eigenvalue weighted by molar-refractivity contribution is -0.384. The van der Waals surface area contributed by atoms with Gasteiger partial charge in [0.1, 0.15) is 5.75 Å². The normalized spacial score (nSPS) is 10.7. The summed E-state index contributed by atoms with van der Waals surface area (Å²) in [6, 6.07) is 14.5. The lowest BCUT2D eigenvalue weighted by Crippen LogP contribution is -1.98. The zero-order valence-electron chi connectivity index (χ0n) is 16.0. The van der Waals surface area contributed by atoms with Crippen molar-refractivity contribution in [2.75, 3.05) is 0 Å². The van der Waals surface area contributed by atoms with Gasteiger partial charge in [-0.15, -0.1) is 0 Å². The Hall–Kier alpha value is -2.93. The van der Waals surface area contributed by atoms with Crippen LogP contribution in [0.25, 0.3) is 0 Å². The fraction of sp³-hybridized carbons (Fsp3) is 0.238. The van der Waals surface area contributed by atoms with E-state index in [-0.39, 0.29) is 5.69 Å². The molecule has 0 aliphatic rings. The molecule has 0 fully saturated rings. The van der Waals surface area contributed by atoms with E-state index in [2.05, 4.69) is 16.0 Å². The van der Waals surface area contributed by atoms with Crippen LogP contribution in [0.4, 0.5) is 5.69 Å². The molecule has 0 saturated carbocycles. The standard InChI is InChI=1S/C21H21N3O3S/c1-4-17-12-20(27-19-9-8-14(2)10-15(19)3)23-21(22-17)28-13-16-6-5-7-18(11-16)24(25)26/h5-12H,4,13H2,1-3H3. The molecule has 28 heavy (non-hydrogen) atoms. The number of benzene rings is 2. The molecule has 0 atom stereocenters. The summed E-state index contributed by atoms with van der Waals surface area (Å²) in [6.45, 7) is 6.07. The van der Waals surface area contributed by atoms with E-state index in [1.807, 2.05) is 45.0 Å². The van der Waals surface area contributed by atoms with Crippen LogP contribution < -0.4 is 4.74 Å². The minimum atomic E-state index is -0.391. The Morgan fingerprint density at radius 2 is 1.93 bits per heavy atom. The fourth-order valence-electron chi connectivity index (χ4n) is 2.68. The number of ether oxygens (including phenoxy) is 1. The molecule has 0 amide bonds. The highest BCUT2D eigenvalue weighted by atomic mass is 32.2. The topological polar surface area (TPSA) is 78.2 Å². The number of rotatable bonds is 7. The second kappa shape index (κ2) is 8.84. The predicted octanol–water partition coefficient (Wildman–Crippen LogP) is 5.65. The molecule has 0 N–H and O–H groups in total. The van der Waals surface area contributed by atoms with E-state index in [0.717, 1.165) is 29.0 Å². The molecule has 144 valence electrons. The number of nitro benzene ring substituents is 1. The van der Waals surface area contributed by atoms with Gasteiger partial charge in [0, 0.05) is 29.6 Å². The molecule has 0 bridgehead atoms. The van der Waals surface area contributed by atoms with E-state index in [4.69, 9.17) is 4.74 Å². The maximum absolute atomic E-state index is 10.9. The number of hydrogen-bond donors (Lipinski definition) is 0. The van der Waals surface area contributed by atoms with Gasteiger partial charge in [0.05, 0.1) is 4.92 Å². The molecular weight excluding hydrogens is 374 g/mol. The van der Waals surface area contributed by atoms with Gasteiger partial charge in [-0.1, -0.05) is 48.5 Å². The van der Waals surface area contributed by atoms with Crippen LogP contribution in [0.3, 0.4) is 0 Å². The summed E-state index contributed by atoms with van der Waals surface area (Å²) < 4.78 is 6.00. The minimum absolute atomic E-state index is 0.0835. The molecule has 1 heterocycles. The van der Waals surface area contributed by atoms with E-state index >= 15 is 0 Å². The van der Waals surface area contributed by atoms with Gasteiger partial charge in [0.15, 0.2) is 5.16 Å². The molecule has 7 heteroatoms. The Morgan fingerprint density at radius 1 is 1.11 bits per heavy atom. The highest BCUT2D eigenvalue weighted by Gasteiger charge is 2.10. The second-order valence-electron chi connectivity index (χ2n) is 6.42. The number of aromatic nitrogens is 2. The summed E-state index contributed by atoms with van der Waals surface area (Å²) in [4.78, 5) is 19.6. The van der Waals surface area contributed by atoms with E-state index in [9.17, 15) is 10.1 Å². The molecule has 0 aliphatic carbocycles. The number of aryl methyl sites for hydroxylation is 3. The lowest BCUT2D eigenvalue weighted by atomic mass is 10.1. The first-order chi connectivity index (χ1) is 13.4. The number of thioether (sulfide) groups is 1. The van der Waals surface area contributed by atoms with Crippen LogP contribution in [0.15, 0.2) is 53.7 Å². The molecule has 0 radical (unpaired) electrons. The molecule has 6 nitrogen and oxygen atoms in total. The van der Waals surface area contributed by atoms with Crippen LogP contribution in [0.2, 0.25) is 0 Å². The lowest BCUT2D eigenvalue weighted by Gasteiger charge is -2.11. The van der Waals surface area contributed by atoms with Crippen molar-refractivity contribution in [1.29, 1.82) is 0 Å². The molecule has 0 saturated heterocycles. The summed E-state index contributed by atoms with van der Waals surface area (Å²) in [5.41, 5.74) is 4.04. The van der Waals surface area contributed by atoms with Gasteiger partial charge < -0.3 is 4.74 Å². The Morgan fingerprint density at radius 3 is 2.64 bits per heavy atom. The van der Waals surface area contributed by atoms with Gasteiger partial charge in [-0.25, -0.2) is 4.98 Å². The quantitative estimate of drug-likeness (QED) is 0.223. The van der Waals surface area contributed by atoms with Crippen molar-refractivity contribution in [2.45, 2.75) is 38.1 Å². The molecule has 1 aromatic heterocycles. The van der Waals surface area contributed by atoms with Gasteiger partial charge >= 0.3 is 0 Å². The first-order valence-electron chi connectivity index (χ1n) is 8.94. The Balaban J connectivity index is 1.79. The number of non-ortho nitro benzene ring substituents is 1. The van der Waals surface area contributed by atoms with E-state index < -0.39 is 4.92 Å². The van der Waals surface area contributed by atoms with E-state index in [1.165, 1.54) is 23.4 Å². The number of nitrogens with zero attached hydrogens (tertiary/aromatic N) is 3. The first kappa shape index (κ1) is 19.8. The Labute approximate surface area is 168 Å². The summed E-state index contributed by atoms with van der Waals surface area (Å²) in [7, 11) is 0. The van der Waals surface area contributed by atoms with Crippen LogP contribution >= 0.6 is 11.8 Å². The number of hydrogen-bond acceptors (Lipinski definition) is 6. The van der Waals surface area contributed by atoms with Crippen LogP contribution in [0, 0.1) is 24.0 Å². The predicted molar refractivity (Wildman–Crippen MR) is 110 cm³/mol. The summed E-state index contributed by atoms with van der Waals surface area (Å²) >= 11 is 1.43. The van der Waals surface area contributed by atoms with E-state index in [1.54, 1.807) is 12.1 Å². The third kappa shape index (κ3) is 5.07. The van der Waals surface area contributed by atoms with Crippen molar-refractivity contribution in [3.63, 3.8) is 0 Å². The highest BCUT2D eigenvalue weighted by molar-refractivity contribution is 7.98. The van der Waals surface area contributed by atoms with Crippen molar-refractivity contribution < 1.29 is 9.66 Å². The SMILES string of the molecule is CCc1cc(Oc2ccc(C)cc2C)nc(SCc2cccc([N+](=O)[O-])c2)n1. The molecular formula is C21H21N3O3S. The van der Waals surface area contributed by atoms with Crippen LogP contribution in [-0.4, -0.2) is 14.9 Å². The van der Waals surface area contributed by atoms with Crippen molar-refractivity contribution >= 4 is 17.4 Å². The van der Waals surface area contributed by atoms with Gasteiger partial charge in [-0.2, -0.15) is 4.98 Å². The summed E-state index contributed by atoms with van der Waals surface area (Å²) in [6.07, 6.45) is 0.760. The monoisotopic (exact) mass is 395 g/mol. The molecule has 2 aromatic carbocycles. The van der Waals surface area contributed by atoms with Gasteiger partial charge in [0.25, 0.3) is 5.69 Å². The average molecular weight is 395 g/mol. The second-order valence-corrected chi connectivity index (χ2v) is 7.36. The van der Waals surface area contributed by atoms with Crippen molar-refractivity contribution in [1.82, 2.24) is 9.97 Å². The minimum Gasteiger partial charge on any atom is -0.439 e. The largest absolute Gasteiger partial charge is 0.439 e. The van der Waals surface area contributed by atoms with Crippen molar-refractivity contribution in [2.24, 2.45) is 0 Å². The summed E-state index contributed by atoms with van der Waals surface area (Å²) in [5.74, 6) is 1.80. The van der Waals surface area contributed by atoms with Crippen LogP contribution in [0.1, 0.15) is 29.3 Å². The van der Waals surface area contributed by atoms with Gasteiger partial charge in [-0.3, -0.25) is 10.1 Å². The maximum atomic E-state index is 10.9. The van der Waals surface area contributed by atoms with Crippen molar-refractivity contribution in [3.05, 3.63) is 81.0 Å². The Kier molecular flexibility index (Phi) is 6.26. The molecule has 0 unspecified atom stereocenters. The molecule has 3 aromatic rings. The molecule has 3 rings (SSSR count). The van der Waals surface area contributed by atoms with Crippen LogP contribution in [0.5, 0.6) is 11.6 Å². The maximum Gasteiger partial charge on any atom is 0.269 e. The summed E-state index contributed by atoms with van der Waals surface area (Å²) in [5, 5.41) is 11.5. The Bertz CT molecular complexity index is 1010. The average Bonchev–Trinajstić information content (AvgIpc) is 2.68. The third-order valence-corrected chi connectivity index (χ3v) is 5.05. The molecule has 0 aliphatic heterocycles. The third-order valence-electron chi connectivity index (χ3n) is 4.13. The zero-order chi connectivity index (χ0) is 20.1. The smallest absolute Gasteiger partial charge is 0.269 e. The molecule has 0 spiro atoms.